The van der Waals surface area contributed by atoms with Gasteiger partial charge >= 0.3 is 0 Å². The lowest BCUT2D eigenvalue weighted by Gasteiger charge is -2.13. The molecular weight excluding hydrogens is 288 g/mol. The summed E-state index contributed by atoms with van der Waals surface area (Å²) in [5, 5.41) is 4.57. The number of methoxy groups -OCH3 is 1. The van der Waals surface area contributed by atoms with Crippen molar-refractivity contribution in [2.24, 2.45) is 5.10 Å². The lowest BCUT2D eigenvalue weighted by Crippen LogP contribution is -2.26. The van der Waals surface area contributed by atoms with Gasteiger partial charge in [0.2, 0.25) is 0 Å². The van der Waals surface area contributed by atoms with Gasteiger partial charge in [-0.25, -0.2) is 5.43 Å². The second-order valence-electron chi connectivity index (χ2n) is 4.31. The summed E-state index contributed by atoms with van der Waals surface area (Å²) in [5.41, 5.74) is 4.09. The Balaban J connectivity index is 1.98. The summed E-state index contributed by atoms with van der Waals surface area (Å²) in [6.07, 6.45) is 0.861. The first-order chi connectivity index (χ1) is 10.2. The van der Waals surface area contributed by atoms with Crippen LogP contribution in [0, 0.1) is 0 Å². The molecule has 1 atom stereocenters. The van der Waals surface area contributed by atoms with E-state index in [1.807, 2.05) is 42.5 Å². The first-order valence-electron chi connectivity index (χ1n) is 6.37. The van der Waals surface area contributed by atoms with Crippen molar-refractivity contribution in [3.8, 4) is 0 Å². The van der Waals surface area contributed by atoms with E-state index in [4.69, 9.17) is 16.3 Å². The van der Waals surface area contributed by atoms with Crippen LogP contribution in [0.5, 0.6) is 0 Å². The summed E-state index contributed by atoms with van der Waals surface area (Å²) in [6, 6.07) is 16.4. The predicted molar refractivity (Wildman–Crippen MR) is 83.4 cm³/mol. The second-order valence-corrected chi connectivity index (χ2v) is 4.75. The van der Waals surface area contributed by atoms with Crippen LogP contribution in [0.1, 0.15) is 17.2 Å². The van der Waals surface area contributed by atoms with Crippen molar-refractivity contribution in [1.82, 2.24) is 5.43 Å². The topological polar surface area (TPSA) is 50.7 Å². The van der Waals surface area contributed by atoms with Gasteiger partial charge in [-0.1, -0.05) is 54.1 Å². The smallest absolute Gasteiger partial charge is 0.273 e. The number of hydrogen-bond acceptors (Lipinski definition) is 3. The number of ether oxygens (including phenoxy) is 1. The van der Waals surface area contributed by atoms with Gasteiger partial charge in [-0.15, -0.1) is 0 Å². The van der Waals surface area contributed by atoms with Crippen molar-refractivity contribution in [3.05, 3.63) is 70.7 Å². The van der Waals surface area contributed by atoms with Crippen molar-refractivity contribution in [2.45, 2.75) is 6.10 Å². The van der Waals surface area contributed by atoms with E-state index in [2.05, 4.69) is 10.5 Å². The second kappa shape index (κ2) is 7.57. The quantitative estimate of drug-likeness (QED) is 0.681. The molecule has 2 aromatic rings. The predicted octanol–water partition coefficient (Wildman–Crippen LogP) is 3.18. The molecule has 108 valence electrons. The number of amides is 1. The first kappa shape index (κ1) is 15.2. The molecule has 2 aromatic carbocycles. The van der Waals surface area contributed by atoms with E-state index >= 15 is 0 Å². The Morgan fingerprint density at radius 2 is 1.86 bits per heavy atom. The third-order valence-electron chi connectivity index (χ3n) is 2.83. The highest BCUT2D eigenvalue weighted by Gasteiger charge is 2.18. The molecular formula is C16H15ClN2O2. The van der Waals surface area contributed by atoms with E-state index in [9.17, 15) is 4.79 Å². The van der Waals surface area contributed by atoms with Crippen LogP contribution in [0.2, 0.25) is 5.02 Å². The van der Waals surface area contributed by atoms with E-state index in [-0.39, 0.29) is 5.91 Å². The SMILES string of the molecule is COC(C(=O)N/N=C/c1ccc(Cl)cc1)c1ccccc1. The van der Waals surface area contributed by atoms with Crippen LogP contribution in [-0.4, -0.2) is 19.2 Å². The Morgan fingerprint density at radius 1 is 1.19 bits per heavy atom. The maximum absolute atomic E-state index is 12.0. The molecule has 0 aromatic heterocycles. The zero-order chi connectivity index (χ0) is 15.1. The van der Waals surface area contributed by atoms with Gasteiger partial charge in [0.15, 0.2) is 6.10 Å². The number of halogens is 1. The molecule has 0 saturated carbocycles. The zero-order valence-corrected chi connectivity index (χ0v) is 12.2. The highest BCUT2D eigenvalue weighted by atomic mass is 35.5. The molecule has 0 heterocycles. The van der Waals surface area contributed by atoms with Gasteiger partial charge in [0, 0.05) is 12.1 Å². The molecule has 0 aliphatic rings. The molecule has 0 aliphatic carbocycles. The van der Waals surface area contributed by atoms with Crippen LogP contribution in [0.25, 0.3) is 0 Å². The van der Waals surface area contributed by atoms with Gasteiger partial charge in [0.1, 0.15) is 0 Å². The minimum atomic E-state index is -0.687. The maximum Gasteiger partial charge on any atom is 0.273 e. The Morgan fingerprint density at radius 3 is 2.48 bits per heavy atom. The molecule has 0 saturated heterocycles. The summed E-state index contributed by atoms with van der Waals surface area (Å²) in [4.78, 5) is 12.0. The molecule has 0 radical (unpaired) electrons. The van der Waals surface area contributed by atoms with Crippen molar-refractivity contribution < 1.29 is 9.53 Å². The van der Waals surface area contributed by atoms with Gasteiger partial charge in [-0.2, -0.15) is 5.10 Å². The molecule has 5 heteroatoms. The van der Waals surface area contributed by atoms with E-state index < -0.39 is 6.10 Å². The van der Waals surface area contributed by atoms with E-state index in [1.165, 1.54) is 7.11 Å². The number of rotatable bonds is 5. The minimum Gasteiger partial charge on any atom is -0.367 e. The molecule has 0 aliphatic heterocycles. The molecule has 1 amide bonds. The average molecular weight is 303 g/mol. The number of carbonyl (C=O) groups is 1. The van der Waals surface area contributed by atoms with Gasteiger partial charge in [-0.05, 0) is 23.3 Å². The lowest BCUT2D eigenvalue weighted by molar-refractivity contribution is -0.131. The normalized spacial score (nSPS) is 12.3. The van der Waals surface area contributed by atoms with Crippen LogP contribution in [0.3, 0.4) is 0 Å². The minimum absolute atomic E-state index is 0.325. The number of benzene rings is 2. The summed E-state index contributed by atoms with van der Waals surface area (Å²) in [5.74, 6) is -0.325. The molecule has 4 nitrogen and oxygen atoms in total. The standard InChI is InChI=1S/C16H15ClN2O2/c1-21-15(13-5-3-2-4-6-13)16(20)19-18-11-12-7-9-14(17)10-8-12/h2-11,15H,1H3,(H,19,20)/b18-11+. The first-order valence-corrected chi connectivity index (χ1v) is 6.74. The fourth-order valence-corrected chi connectivity index (χ4v) is 1.93. The molecule has 1 N–H and O–H groups in total. The van der Waals surface area contributed by atoms with Crippen molar-refractivity contribution in [3.63, 3.8) is 0 Å². The monoisotopic (exact) mass is 302 g/mol. The summed E-state index contributed by atoms with van der Waals surface area (Å²) < 4.78 is 5.21. The molecule has 21 heavy (non-hydrogen) atoms. The number of hydrazone groups is 1. The van der Waals surface area contributed by atoms with Crippen molar-refractivity contribution in [1.29, 1.82) is 0 Å². The number of nitrogens with one attached hydrogen (secondary N) is 1. The molecule has 2 rings (SSSR count). The Kier molecular flexibility index (Phi) is 5.49. The van der Waals surface area contributed by atoms with Crippen molar-refractivity contribution >= 4 is 23.7 Å². The largest absolute Gasteiger partial charge is 0.367 e. The summed E-state index contributed by atoms with van der Waals surface area (Å²) in [7, 11) is 1.49. The summed E-state index contributed by atoms with van der Waals surface area (Å²) in [6.45, 7) is 0. The third-order valence-corrected chi connectivity index (χ3v) is 3.09. The Hall–Kier alpha value is -2.17. The number of hydrogen-bond donors (Lipinski definition) is 1. The Labute approximate surface area is 128 Å². The lowest BCUT2D eigenvalue weighted by atomic mass is 10.1. The van der Waals surface area contributed by atoms with E-state index in [0.29, 0.717) is 5.02 Å². The number of nitrogens with zero attached hydrogens (tertiary/aromatic N) is 1. The molecule has 0 fully saturated rings. The van der Waals surface area contributed by atoms with Crippen LogP contribution in [-0.2, 0) is 9.53 Å². The third kappa shape index (κ3) is 4.41. The van der Waals surface area contributed by atoms with Crippen LogP contribution in [0.15, 0.2) is 59.7 Å². The van der Waals surface area contributed by atoms with Gasteiger partial charge in [0.25, 0.3) is 5.91 Å². The van der Waals surface area contributed by atoms with Crippen LogP contribution < -0.4 is 5.43 Å². The fourth-order valence-electron chi connectivity index (χ4n) is 1.80. The molecule has 1 unspecified atom stereocenters. The summed E-state index contributed by atoms with van der Waals surface area (Å²) >= 11 is 5.79. The average Bonchev–Trinajstić information content (AvgIpc) is 2.51. The zero-order valence-electron chi connectivity index (χ0n) is 11.5. The van der Waals surface area contributed by atoms with Gasteiger partial charge in [-0.3, -0.25) is 4.79 Å². The van der Waals surface area contributed by atoms with Crippen LogP contribution >= 0.6 is 11.6 Å². The highest BCUT2D eigenvalue weighted by molar-refractivity contribution is 6.30. The van der Waals surface area contributed by atoms with Gasteiger partial charge in [0.05, 0.1) is 6.21 Å². The maximum atomic E-state index is 12.0. The highest BCUT2D eigenvalue weighted by Crippen LogP contribution is 2.16. The fraction of sp³-hybridized carbons (Fsp3) is 0.125. The van der Waals surface area contributed by atoms with Gasteiger partial charge < -0.3 is 4.74 Å². The van der Waals surface area contributed by atoms with E-state index in [1.54, 1.807) is 18.3 Å². The number of carbonyl (C=O) groups excluding carboxylic acids is 1. The van der Waals surface area contributed by atoms with Crippen LogP contribution in [0.4, 0.5) is 0 Å². The van der Waals surface area contributed by atoms with E-state index in [0.717, 1.165) is 11.1 Å². The molecule has 0 bridgehead atoms. The Bertz CT molecular complexity index is 612. The molecule has 0 spiro atoms. The van der Waals surface area contributed by atoms with Crippen molar-refractivity contribution in [2.75, 3.05) is 7.11 Å².